The number of fused-ring (bicyclic) bond motifs is 2. The van der Waals surface area contributed by atoms with E-state index in [1.807, 2.05) is 47.9 Å². The third-order valence-electron chi connectivity index (χ3n) is 5.91. The van der Waals surface area contributed by atoms with Crippen LogP contribution < -0.4 is 5.32 Å². The van der Waals surface area contributed by atoms with Crippen molar-refractivity contribution in [1.29, 1.82) is 0 Å². The van der Waals surface area contributed by atoms with Gasteiger partial charge in [0.2, 0.25) is 5.82 Å². The summed E-state index contributed by atoms with van der Waals surface area (Å²) in [7, 11) is 0. The molecule has 29 heavy (non-hydrogen) atoms. The Morgan fingerprint density at radius 2 is 1.86 bits per heavy atom. The molecule has 0 spiro atoms. The molecule has 0 aliphatic carbocycles. The molecule has 2 unspecified atom stereocenters. The number of nitrogens with one attached hydrogen (secondary N) is 1. The van der Waals surface area contributed by atoms with Crippen LogP contribution in [0, 0.1) is 18.8 Å². The lowest BCUT2D eigenvalue weighted by Gasteiger charge is -2.25. The Morgan fingerprint density at radius 3 is 2.69 bits per heavy atom. The van der Waals surface area contributed by atoms with Crippen LogP contribution in [0.3, 0.4) is 0 Å². The molecule has 0 bridgehead atoms. The quantitative estimate of drug-likeness (QED) is 0.743. The van der Waals surface area contributed by atoms with E-state index in [1.165, 1.54) is 0 Å². The van der Waals surface area contributed by atoms with Gasteiger partial charge in [-0.1, -0.05) is 24.3 Å². The first-order chi connectivity index (χ1) is 14.2. The maximum Gasteiger partial charge on any atom is 0.293 e. The van der Waals surface area contributed by atoms with Gasteiger partial charge in [0.15, 0.2) is 0 Å². The maximum absolute atomic E-state index is 12.7. The molecule has 2 atom stereocenters. The number of para-hydroxylation sites is 1. The second-order valence-electron chi connectivity index (χ2n) is 8.06. The van der Waals surface area contributed by atoms with Gasteiger partial charge in [-0.05, 0) is 43.0 Å². The summed E-state index contributed by atoms with van der Waals surface area (Å²) >= 11 is 0. The highest BCUT2D eigenvalue weighted by Gasteiger charge is 2.39. The van der Waals surface area contributed by atoms with Crippen molar-refractivity contribution >= 4 is 11.6 Å². The molecule has 2 aliphatic heterocycles. The van der Waals surface area contributed by atoms with Crippen LogP contribution >= 0.6 is 0 Å². The number of anilines is 1. The van der Waals surface area contributed by atoms with E-state index in [9.17, 15) is 4.79 Å². The average molecular weight is 388 g/mol. The molecular formula is C22H24N6O. The SMILES string of the molecule is Cc1cccc(CN2CC3Cc4nnc(C(=O)Nc5ccccc5)n4CC3C2)n1. The van der Waals surface area contributed by atoms with Gasteiger partial charge in [-0.3, -0.25) is 14.7 Å². The number of likely N-dealkylation sites (tertiary alicyclic amines) is 1. The Labute approximate surface area is 169 Å². The molecule has 7 heteroatoms. The molecule has 1 aromatic carbocycles. The fourth-order valence-corrected chi connectivity index (χ4v) is 4.54. The van der Waals surface area contributed by atoms with Crippen molar-refractivity contribution in [3.8, 4) is 0 Å². The van der Waals surface area contributed by atoms with E-state index < -0.39 is 0 Å². The Kier molecular flexibility index (Phi) is 4.60. The van der Waals surface area contributed by atoms with E-state index in [-0.39, 0.29) is 5.91 Å². The molecule has 1 amide bonds. The van der Waals surface area contributed by atoms with E-state index in [2.05, 4.69) is 37.5 Å². The monoisotopic (exact) mass is 388 g/mol. The minimum absolute atomic E-state index is 0.202. The van der Waals surface area contributed by atoms with Crippen molar-refractivity contribution in [2.24, 2.45) is 11.8 Å². The molecule has 2 aromatic heterocycles. The summed E-state index contributed by atoms with van der Waals surface area (Å²) in [6.07, 6.45) is 0.869. The van der Waals surface area contributed by atoms with Gasteiger partial charge in [0, 0.05) is 44.0 Å². The van der Waals surface area contributed by atoms with Crippen LogP contribution in [-0.2, 0) is 19.5 Å². The number of aryl methyl sites for hydroxylation is 1. The number of benzene rings is 1. The van der Waals surface area contributed by atoms with Crippen molar-refractivity contribution < 1.29 is 4.79 Å². The Hall–Kier alpha value is -3.06. The first-order valence-corrected chi connectivity index (χ1v) is 10.1. The van der Waals surface area contributed by atoms with Crippen LogP contribution in [0.15, 0.2) is 48.5 Å². The second-order valence-corrected chi connectivity index (χ2v) is 8.06. The Bertz CT molecular complexity index is 1030. The minimum Gasteiger partial charge on any atom is -0.319 e. The van der Waals surface area contributed by atoms with E-state index >= 15 is 0 Å². The Morgan fingerprint density at radius 1 is 1.03 bits per heavy atom. The normalized spacial score (nSPS) is 20.9. The predicted molar refractivity (Wildman–Crippen MR) is 109 cm³/mol. The average Bonchev–Trinajstić information content (AvgIpc) is 3.29. The van der Waals surface area contributed by atoms with E-state index in [0.29, 0.717) is 17.7 Å². The number of rotatable bonds is 4. The van der Waals surface area contributed by atoms with Gasteiger partial charge in [-0.2, -0.15) is 0 Å². The molecule has 7 nitrogen and oxygen atoms in total. The number of hydrogen-bond donors (Lipinski definition) is 1. The van der Waals surface area contributed by atoms with Crippen LogP contribution in [0.1, 0.15) is 27.8 Å². The molecule has 4 heterocycles. The van der Waals surface area contributed by atoms with Crippen LogP contribution in [0.4, 0.5) is 5.69 Å². The number of aromatic nitrogens is 4. The predicted octanol–water partition coefficient (Wildman–Crippen LogP) is 2.54. The van der Waals surface area contributed by atoms with Crippen molar-refractivity contribution in [1.82, 2.24) is 24.6 Å². The topological polar surface area (TPSA) is 75.9 Å². The second kappa shape index (κ2) is 7.40. The summed E-state index contributed by atoms with van der Waals surface area (Å²) in [5, 5.41) is 11.4. The molecule has 0 saturated carbocycles. The summed E-state index contributed by atoms with van der Waals surface area (Å²) in [6, 6.07) is 15.7. The first-order valence-electron chi connectivity index (χ1n) is 10.1. The van der Waals surface area contributed by atoms with Crippen LogP contribution in [0.2, 0.25) is 0 Å². The summed E-state index contributed by atoms with van der Waals surface area (Å²) in [6.45, 7) is 5.75. The molecule has 2 aliphatic rings. The third kappa shape index (κ3) is 3.65. The van der Waals surface area contributed by atoms with E-state index in [0.717, 1.165) is 55.5 Å². The Balaban J connectivity index is 1.28. The molecule has 148 valence electrons. The smallest absolute Gasteiger partial charge is 0.293 e. The van der Waals surface area contributed by atoms with Gasteiger partial charge in [-0.15, -0.1) is 10.2 Å². The van der Waals surface area contributed by atoms with Crippen molar-refractivity contribution in [3.05, 3.63) is 71.6 Å². The number of pyridine rings is 1. The highest BCUT2D eigenvalue weighted by atomic mass is 16.2. The third-order valence-corrected chi connectivity index (χ3v) is 5.91. The standard InChI is InChI=1S/C22H24N6O/c1-15-6-5-9-19(23-15)14-27-11-16-10-20-25-26-21(28(20)13-17(16)12-27)22(29)24-18-7-3-2-4-8-18/h2-9,16-17H,10-14H2,1H3,(H,24,29). The van der Waals surface area contributed by atoms with Crippen molar-refractivity contribution in [2.75, 3.05) is 18.4 Å². The van der Waals surface area contributed by atoms with Crippen LogP contribution in [-0.4, -0.2) is 43.6 Å². The molecule has 3 aromatic rings. The number of hydrogen-bond acceptors (Lipinski definition) is 5. The molecule has 1 N–H and O–H groups in total. The summed E-state index contributed by atoms with van der Waals surface area (Å²) in [5.74, 6) is 2.18. The summed E-state index contributed by atoms with van der Waals surface area (Å²) in [4.78, 5) is 19.8. The lowest BCUT2D eigenvalue weighted by atomic mass is 9.89. The van der Waals surface area contributed by atoms with Crippen LogP contribution in [0.5, 0.6) is 0 Å². The fraction of sp³-hybridized carbons (Fsp3) is 0.364. The van der Waals surface area contributed by atoms with Gasteiger partial charge in [0.1, 0.15) is 5.82 Å². The van der Waals surface area contributed by atoms with Crippen molar-refractivity contribution in [2.45, 2.75) is 26.4 Å². The van der Waals surface area contributed by atoms with Gasteiger partial charge < -0.3 is 9.88 Å². The largest absolute Gasteiger partial charge is 0.319 e. The van der Waals surface area contributed by atoms with Gasteiger partial charge in [-0.25, -0.2) is 0 Å². The van der Waals surface area contributed by atoms with Gasteiger partial charge >= 0.3 is 0 Å². The zero-order chi connectivity index (χ0) is 19.8. The number of nitrogens with zero attached hydrogens (tertiary/aromatic N) is 5. The fourth-order valence-electron chi connectivity index (χ4n) is 4.54. The van der Waals surface area contributed by atoms with E-state index in [4.69, 9.17) is 0 Å². The summed E-state index contributed by atoms with van der Waals surface area (Å²) in [5.41, 5.74) is 2.94. The number of carbonyl (C=O) groups excluding carboxylic acids is 1. The maximum atomic E-state index is 12.7. The molecule has 5 rings (SSSR count). The zero-order valence-electron chi connectivity index (χ0n) is 16.5. The van der Waals surface area contributed by atoms with Gasteiger partial charge in [0.25, 0.3) is 5.91 Å². The number of amides is 1. The first kappa shape index (κ1) is 18.0. The lowest BCUT2D eigenvalue weighted by molar-refractivity contribution is 0.100. The molecule has 0 radical (unpaired) electrons. The molecule has 1 saturated heterocycles. The summed E-state index contributed by atoms with van der Waals surface area (Å²) < 4.78 is 2.01. The highest BCUT2D eigenvalue weighted by Crippen LogP contribution is 2.33. The van der Waals surface area contributed by atoms with E-state index in [1.54, 1.807) is 0 Å². The molecule has 1 fully saturated rings. The van der Waals surface area contributed by atoms with Crippen LogP contribution in [0.25, 0.3) is 0 Å². The molecular weight excluding hydrogens is 364 g/mol. The zero-order valence-corrected chi connectivity index (χ0v) is 16.5. The highest BCUT2D eigenvalue weighted by molar-refractivity contribution is 6.01. The lowest BCUT2D eigenvalue weighted by Crippen LogP contribution is -2.31. The minimum atomic E-state index is -0.202. The number of carbonyl (C=O) groups is 1. The van der Waals surface area contributed by atoms with Gasteiger partial charge in [0.05, 0.1) is 5.69 Å². The van der Waals surface area contributed by atoms with Crippen molar-refractivity contribution in [3.63, 3.8) is 0 Å².